The highest BCUT2D eigenvalue weighted by Crippen LogP contribution is 2.25. The van der Waals surface area contributed by atoms with Crippen molar-refractivity contribution in [1.29, 1.82) is 0 Å². The third-order valence-electron chi connectivity index (χ3n) is 3.73. The van der Waals surface area contributed by atoms with Crippen molar-refractivity contribution in [2.75, 3.05) is 5.32 Å². The molecule has 22 heavy (non-hydrogen) atoms. The first kappa shape index (κ1) is 14.9. The summed E-state index contributed by atoms with van der Waals surface area (Å²) >= 11 is 3.49. The first-order chi connectivity index (χ1) is 10.5. The summed E-state index contributed by atoms with van der Waals surface area (Å²) in [7, 11) is 2.00. The highest BCUT2D eigenvalue weighted by Gasteiger charge is 2.11. The molecule has 1 heterocycles. The van der Waals surface area contributed by atoms with Gasteiger partial charge in [0.1, 0.15) is 0 Å². The van der Waals surface area contributed by atoms with E-state index in [0.29, 0.717) is 6.42 Å². The average Bonchev–Trinajstić information content (AvgIpc) is 2.79. The van der Waals surface area contributed by atoms with E-state index in [0.717, 1.165) is 32.2 Å². The predicted molar refractivity (Wildman–Crippen MR) is 94.1 cm³/mol. The van der Waals surface area contributed by atoms with E-state index in [2.05, 4.69) is 37.9 Å². The summed E-state index contributed by atoms with van der Waals surface area (Å²) in [5.41, 5.74) is 4.13. The van der Waals surface area contributed by atoms with Gasteiger partial charge in [-0.1, -0.05) is 24.3 Å². The molecule has 1 N–H and O–H groups in total. The number of rotatable bonds is 3. The number of nitrogens with zero attached hydrogens (tertiary/aromatic N) is 1. The normalized spacial score (nSPS) is 10.9. The van der Waals surface area contributed by atoms with Crippen LogP contribution >= 0.6 is 15.9 Å². The number of aryl methyl sites for hydroxylation is 2. The number of fused-ring (bicyclic) bond motifs is 1. The van der Waals surface area contributed by atoms with Gasteiger partial charge in [0.05, 0.1) is 12.1 Å². The van der Waals surface area contributed by atoms with Gasteiger partial charge in [-0.3, -0.25) is 4.79 Å². The van der Waals surface area contributed by atoms with Gasteiger partial charge in [0.2, 0.25) is 5.91 Å². The average molecular weight is 357 g/mol. The molecule has 0 spiro atoms. The van der Waals surface area contributed by atoms with Crippen molar-refractivity contribution in [1.82, 2.24) is 4.57 Å². The highest BCUT2D eigenvalue weighted by atomic mass is 79.9. The van der Waals surface area contributed by atoms with Crippen LogP contribution in [0.4, 0.5) is 5.69 Å². The van der Waals surface area contributed by atoms with Gasteiger partial charge in [0, 0.05) is 28.6 Å². The summed E-state index contributed by atoms with van der Waals surface area (Å²) < 4.78 is 2.96. The van der Waals surface area contributed by atoms with Gasteiger partial charge in [-0.15, -0.1) is 0 Å². The Kier molecular flexibility index (Phi) is 4.03. The minimum absolute atomic E-state index is 0.0130. The second-order valence-corrected chi connectivity index (χ2v) is 6.34. The summed E-state index contributed by atoms with van der Waals surface area (Å²) in [6.07, 6.45) is 2.39. The number of benzene rings is 2. The van der Waals surface area contributed by atoms with E-state index in [9.17, 15) is 4.79 Å². The highest BCUT2D eigenvalue weighted by molar-refractivity contribution is 9.10. The molecule has 0 radical (unpaired) electrons. The van der Waals surface area contributed by atoms with Crippen molar-refractivity contribution < 1.29 is 4.79 Å². The lowest BCUT2D eigenvalue weighted by Crippen LogP contribution is -2.14. The Morgan fingerprint density at radius 3 is 2.77 bits per heavy atom. The Labute approximate surface area is 138 Å². The Hall–Kier alpha value is -2.07. The van der Waals surface area contributed by atoms with Gasteiger partial charge in [-0.05, 0) is 52.2 Å². The number of hydrogen-bond acceptors (Lipinski definition) is 1. The third-order valence-corrected chi connectivity index (χ3v) is 4.39. The van der Waals surface area contributed by atoms with E-state index >= 15 is 0 Å². The molecule has 4 heteroatoms. The molecule has 0 saturated heterocycles. The van der Waals surface area contributed by atoms with Gasteiger partial charge in [-0.25, -0.2) is 0 Å². The van der Waals surface area contributed by atoms with Crippen molar-refractivity contribution in [3.63, 3.8) is 0 Å². The summed E-state index contributed by atoms with van der Waals surface area (Å²) in [6, 6.07) is 14.0. The van der Waals surface area contributed by atoms with Crippen molar-refractivity contribution >= 4 is 38.4 Å². The quantitative estimate of drug-likeness (QED) is 0.739. The molecule has 0 unspecified atom stereocenters. The van der Waals surface area contributed by atoms with Crippen LogP contribution in [0.25, 0.3) is 10.9 Å². The van der Waals surface area contributed by atoms with Crippen LogP contribution in [0, 0.1) is 6.92 Å². The number of nitrogens with one attached hydrogen (secondary N) is 1. The Bertz CT molecular complexity index is 851. The molecule has 0 fully saturated rings. The molecule has 0 saturated carbocycles. The lowest BCUT2D eigenvalue weighted by Gasteiger charge is -2.08. The molecule has 2 aromatic carbocycles. The van der Waals surface area contributed by atoms with E-state index < -0.39 is 0 Å². The molecular weight excluding hydrogens is 340 g/mol. The third kappa shape index (κ3) is 2.92. The van der Waals surface area contributed by atoms with Crippen molar-refractivity contribution in [3.05, 3.63) is 64.3 Å². The van der Waals surface area contributed by atoms with Crippen LogP contribution in [0.3, 0.4) is 0 Å². The van der Waals surface area contributed by atoms with E-state index in [-0.39, 0.29) is 5.91 Å². The number of carbonyl (C=O) groups is 1. The van der Waals surface area contributed by atoms with Crippen molar-refractivity contribution in [2.45, 2.75) is 13.3 Å². The predicted octanol–water partition coefficient (Wildman–Crippen LogP) is 4.43. The van der Waals surface area contributed by atoms with Crippen LogP contribution in [-0.2, 0) is 18.3 Å². The fourth-order valence-electron chi connectivity index (χ4n) is 2.66. The van der Waals surface area contributed by atoms with Crippen LogP contribution in [0.1, 0.15) is 11.1 Å². The summed E-state index contributed by atoms with van der Waals surface area (Å²) in [5, 5.41) is 4.09. The molecule has 0 bridgehead atoms. The number of anilines is 1. The second kappa shape index (κ2) is 5.97. The number of aromatic nitrogens is 1. The van der Waals surface area contributed by atoms with E-state index in [1.54, 1.807) is 0 Å². The van der Waals surface area contributed by atoms with Gasteiger partial charge in [0.15, 0.2) is 0 Å². The van der Waals surface area contributed by atoms with Crippen LogP contribution in [0.2, 0.25) is 0 Å². The largest absolute Gasteiger partial charge is 0.350 e. The Balaban J connectivity index is 1.81. The van der Waals surface area contributed by atoms with E-state index in [1.165, 1.54) is 0 Å². The second-order valence-electron chi connectivity index (χ2n) is 5.49. The van der Waals surface area contributed by atoms with Crippen LogP contribution < -0.4 is 5.32 Å². The fraction of sp³-hybridized carbons (Fsp3) is 0.167. The van der Waals surface area contributed by atoms with E-state index in [1.807, 2.05) is 50.5 Å². The molecule has 3 nitrogen and oxygen atoms in total. The molecule has 1 aromatic heterocycles. The zero-order valence-corrected chi connectivity index (χ0v) is 14.1. The van der Waals surface area contributed by atoms with Crippen LogP contribution in [0.5, 0.6) is 0 Å². The van der Waals surface area contributed by atoms with Gasteiger partial charge >= 0.3 is 0 Å². The Morgan fingerprint density at radius 2 is 2.00 bits per heavy atom. The lowest BCUT2D eigenvalue weighted by atomic mass is 10.1. The Morgan fingerprint density at radius 1 is 1.23 bits per heavy atom. The van der Waals surface area contributed by atoms with Gasteiger partial charge < -0.3 is 9.88 Å². The van der Waals surface area contributed by atoms with Gasteiger partial charge in [0.25, 0.3) is 0 Å². The first-order valence-corrected chi connectivity index (χ1v) is 7.93. The number of hydrogen-bond donors (Lipinski definition) is 1. The van der Waals surface area contributed by atoms with Crippen LogP contribution in [-0.4, -0.2) is 10.5 Å². The summed E-state index contributed by atoms with van der Waals surface area (Å²) in [6.45, 7) is 2.02. The minimum atomic E-state index is -0.0130. The first-order valence-electron chi connectivity index (χ1n) is 7.13. The standard InChI is InChI=1S/C18H17BrN2O/c1-12-7-8-16(15(19)9-12)20-18(22)10-13-11-21(2)17-6-4-3-5-14(13)17/h3-9,11H,10H2,1-2H3,(H,20,22). The minimum Gasteiger partial charge on any atom is -0.350 e. The molecule has 0 aliphatic carbocycles. The maximum Gasteiger partial charge on any atom is 0.228 e. The lowest BCUT2D eigenvalue weighted by molar-refractivity contribution is -0.115. The van der Waals surface area contributed by atoms with Crippen molar-refractivity contribution in [2.24, 2.45) is 7.05 Å². The molecular formula is C18H17BrN2O. The van der Waals surface area contributed by atoms with Crippen LogP contribution in [0.15, 0.2) is 53.1 Å². The zero-order chi connectivity index (χ0) is 15.7. The molecule has 0 aliphatic rings. The smallest absolute Gasteiger partial charge is 0.228 e. The SMILES string of the molecule is Cc1ccc(NC(=O)Cc2cn(C)c3ccccc23)c(Br)c1. The monoisotopic (exact) mass is 356 g/mol. The zero-order valence-electron chi connectivity index (χ0n) is 12.6. The number of amides is 1. The maximum absolute atomic E-state index is 12.3. The number of para-hydroxylation sites is 1. The van der Waals surface area contributed by atoms with Crippen molar-refractivity contribution in [3.8, 4) is 0 Å². The molecule has 3 aromatic rings. The van der Waals surface area contributed by atoms with Gasteiger partial charge in [-0.2, -0.15) is 0 Å². The molecule has 0 atom stereocenters. The summed E-state index contributed by atoms with van der Waals surface area (Å²) in [5.74, 6) is -0.0130. The molecule has 0 aliphatic heterocycles. The fourth-order valence-corrected chi connectivity index (χ4v) is 3.25. The number of halogens is 1. The molecule has 3 rings (SSSR count). The molecule has 112 valence electrons. The maximum atomic E-state index is 12.3. The topological polar surface area (TPSA) is 34.0 Å². The van der Waals surface area contributed by atoms with E-state index in [4.69, 9.17) is 0 Å². The molecule has 1 amide bonds. The number of carbonyl (C=O) groups excluding carboxylic acids is 1. The summed E-state index contributed by atoms with van der Waals surface area (Å²) in [4.78, 5) is 12.3.